The van der Waals surface area contributed by atoms with Crippen molar-refractivity contribution < 1.29 is 0 Å². The molecule has 2 atom stereocenters. The lowest BCUT2D eigenvalue weighted by atomic mass is 9.91. The summed E-state index contributed by atoms with van der Waals surface area (Å²) in [5.41, 5.74) is 10.4. The van der Waals surface area contributed by atoms with Crippen molar-refractivity contribution in [1.29, 1.82) is 0 Å². The van der Waals surface area contributed by atoms with E-state index in [0.717, 1.165) is 13.1 Å². The molecule has 3 heteroatoms. The lowest BCUT2D eigenvalue weighted by molar-refractivity contribution is 0.154. The molecule has 0 spiro atoms. The maximum Gasteiger partial charge on any atom is 0.0236 e. The molecule has 2 N–H and O–H groups in total. The van der Waals surface area contributed by atoms with E-state index in [0.29, 0.717) is 12.0 Å². The highest BCUT2D eigenvalue weighted by molar-refractivity contribution is 5.85. The first-order valence-corrected chi connectivity index (χ1v) is 7.11. The Morgan fingerprint density at radius 3 is 2.79 bits per heavy atom. The number of benzene rings is 1. The Hall–Kier alpha value is -0.570. The van der Waals surface area contributed by atoms with Gasteiger partial charge in [-0.2, -0.15) is 0 Å². The van der Waals surface area contributed by atoms with E-state index in [1.165, 1.54) is 36.1 Å². The molecule has 2 rings (SSSR count). The van der Waals surface area contributed by atoms with Crippen LogP contribution < -0.4 is 5.73 Å². The SMILES string of the molecule is Cc1cccc(CN2CCCC(C(C)N)C2)c1C.Cl. The second kappa shape index (κ2) is 7.28. The minimum absolute atomic E-state index is 0. The quantitative estimate of drug-likeness (QED) is 0.922. The predicted octanol–water partition coefficient (Wildman–Crippen LogP) is 3.28. The monoisotopic (exact) mass is 282 g/mol. The van der Waals surface area contributed by atoms with Gasteiger partial charge in [0.25, 0.3) is 0 Å². The third-order valence-corrected chi connectivity index (χ3v) is 4.40. The number of halogens is 1. The predicted molar refractivity (Wildman–Crippen MR) is 84.8 cm³/mol. The van der Waals surface area contributed by atoms with E-state index in [1.807, 2.05) is 0 Å². The highest BCUT2D eigenvalue weighted by atomic mass is 35.5. The second-order valence-corrected chi connectivity index (χ2v) is 5.86. The Kier molecular flexibility index (Phi) is 6.31. The summed E-state index contributed by atoms with van der Waals surface area (Å²) in [6.45, 7) is 10.0. The fourth-order valence-electron chi connectivity index (χ4n) is 2.89. The standard InChI is InChI=1S/C16H26N2.ClH/c1-12-6-4-7-15(13(12)2)10-18-9-5-8-16(11-18)14(3)17;/h4,6-7,14,16H,5,8-11,17H2,1-3H3;1H. The van der Waals surface area contributed by atoms with Gasteiger partial charge in [-0.25, -0.2) is 0 Å². The summed E-state index contributed by atoms with van der Waals surface area (Å²) >= 11 is 0. The number of likely N-dealkylation sites (tertiary alicyclic amines) is 1. The lowest BCUT2D eigenvalue weighted by Gasteiger charge is -2.35. The molecule has 0 bridgehead atoms. The molecule has 0 amide bonds. The number of hydrogen-bond donors (Lipinski definition) is 1. The Labute approximate surface area is 123 Å². The zero-order chi connectivity index (χ0) is 13.1. The van der Waals surface area contributed by atoms with Crippen LogP contribution in [0, 0.1) is 19.8 Å². The van der Waals surface area contributed by atoms with Crippen molar-refractivity contribution in [2.45, 2.75) is 46.2 Å². The highest BCUT2D eigenvalue weighted by Gasteiger charge is 2.22. The molecule has 108 valence electrons. The van der Waals surface area contributed by atoms with E-state index < -0.39 is 0 Å². The zero-order valence-corrected chi connectivity index (χ0v) is 13.2. The fourth-order valence-corrected chi connectivity index (χ4v) is 2.89. The first kappa shape index (κ1) is 16.5. The molecule has 1 fully saturated rings. The van der Waals surface area contributed by atoms with Crippen molar-refractivity contribution in [3.05, 3.63) is 34.9 Å². The molecule has 1 aromatic rings. The first-order chi connectivity index (χ1) is 8.58. The van der Waals surface area contributed by atoms with Gasteiger partial charge in [0, 0.05) is 19.1 Å². The molecule has 2 unspecified atom stereocenters. The summed E-state index contributed by atoms with van der Waals surface area (Å²) in [5.74, 6) is 0.670. The molecule has 1 aliphatic rings. The van der Waals surface area contributed by atoms with Crippen LogP contribution in [-0.2, 0) is 6.54 Å². The van der Waals surface area contributed by atoms with Crippen LogP contribution in [0.5, 0.6) is 0 Å². The van der Waals surface area contributed by atoms with Crippen molar-refractivity contribution in [2.75, 3.05) is 13.1 Å². The molecule has 2 nitrogen and oxygen atoms in total. The van der Waals surface area contributed by atoms with Crippen molar-refractivity contribution in [1.82, 2.24) is 4.90 Å². The lowest BCUT2D eigenvalue weighted by Crippen LogP contribution is -2.42. The minimum atomic E-state index is 0. The summed E-state index contributed by atoms with van der Waals surface area (Å²) in [5, 5.41) is 0. The third-order valence-electron chi connectivity index (χ3n) is 4.40. The van der Waals surface area contributed by atoms with Gasteiger partial charge in [0.2, 0.25) is 0 Å². The number of nitrogens with zero attached hydrogens (tertiary/aromatic N) is 1. The van der Waals surface area contributed by atoms with Gasteiger partial charge in [-0.3, -0.25) is 4.90 Å². The van der Waals surface area contributed by atoms with E-state index in [9.17, 15) is 0 Å². The maximum absolute atomic E-state index is 6.05. The molecule has 0 saturated carbocycles. The van der Waals surface area contributed by atoms with Gasteiger partial charge in [-0.05, 0) is 62.8 Å². The van der Waals surface area contributed by atoms with Crippen LogP contribution in [0.3, 0.4) is 0 Å². The molecule has 19 heavy (non-hydrogen) atoms. The van der Waals surface area contributed by atoms with Crippen LogP contribution >= 0.6 is 12.4 Å². The molecule has 0 aliphatic carbocycles. The molecule has 1 saturated heterocycles. The topological polar surface area (TPSA) is 29.3 Å². The van der Waals surface area contributed by atoms with E-state index in [1.54, 1.807) is 0 Å². The number of rotatable bonds is 3. The molecule has 1 heterocycles. The Bertz CT molecular complexity index is 404. The van der Waals surface area contributed by atoms with Crippen molar-refractivity contribution in [3.8, 4) is 0 Å². The maximum atomic E-state index is 6.05. The average molecular weight is 283 g/mol. The number of aryl methyl sites for hydroxylation is 1. The Morgan fingerprint density at radius 1 is 1.37 bits per heavy atom. The van der Waals surface area contributed by atoms with Crippen LogP contribution in [0.2, 0.25) is 0 Å². The largest absolute Gasteiger partial charge is 0.328 e. The molecule has 0 radical (unpaired) electrons. The molecule has 0 aromatic heterocycles. The summed E-state index contributed by atoms with van der Waals surface area (Å²) in [4.78, 5) is 2.57. The Balaban J connectivity index is 0.00000180. The molecular weight excluding hydrogens is 256 g/mol. The van der Waals surface area contributed by atoms with Crippen LogP contribution in [0.15, 0.2) is 18.2 Å². The summed E-state index contributed by atoms with van der Waals surface area (Å²) < 4.78 is 0. The Morgan fingerprint density at radius 2 is 2.11 bits per heavy atom. The van der Waals surface area contributed by atoms with Gasteiger partial charge in [0.1, 0.15) is 0 Å². The molecular formula is C16H27ClN2. The van der Waals surface area contributed by atoms with E-state index >= 15 is 0 Å². The highest BCUT2D eigenvalue weighted by Crippen LogP contribution is 2.22. The number of piperidine rings is 1. The third kappa shape index (κ3) is 4.20. The number of nitrogens with two attached hydrogens (primary N) is 1. The smallest absolute Gasteiger partial charge is 0.0236 e. The van der Waals surface area contributed by atoms with Crippen LogP contribution in [0.1, 0.15) is 36.5 Å². The van der Waals surface area contributed by atoms with Gasteiger partial charge in [-0.1, -0.05) is 18.2 Å². The van der Waals surface area contributed by atoms with E-state index in [4.69, 9.17) is 5.73 Å². The summed E-state index contributed by atoms with van der Waals surface area (Å²) in [7, 11) is 0. The van der Waals surface area contributed by atoms with Crippen LogP contribution in [0.4, 0.5) is 0 Å². The van der Waals surface area contributed by atoms with E-state index in [-0.39, 0.29) is 12.4 Å². The first-order valence-electron chi connectivity index (χ1n) is 7.11. The van der Waals surface area contributed by atoms with Crippen molar-refractivity contribution in [2.24, 2.45) is 11.7 Å². The molecule has 1 aromatic carbocycles. The van der Waals surface area contributed by atoms with Gasteiger partial charge in [-0.15, -0.1) is 12.4 Å². The van der Waals surface area contributed by atoms with Gasteiger partial charge in [0.05, 0.1) is 0 Å². The fraction of sp³-hybridized carbons (Fsp3) is 0.625. The van der Waals surface area contributed by atoms with Gasteiger partial charge in [0.15, 0.2) is 0 Å². The average Bonchev–Trinajstić information content (AvgIpc) is 2.35. The van der Waals surface area contributed by atoms with Crippen LogP contribution in [-0.4, -0.2) is 24.0 Å². The normalized spacial score (nSPS) is 21.8. The van der Waals surface area contributed by atoms with Gasteiger partial charge < -0.3 is 5.73 Å². The molecule has 1 aliphatic heterocycles. The van der Waals surface area contributed by atoms with Gasteiger partial charge >= 0.3 is 0 Å². The van der Waals surface area contributed by atoms with Crippen molar-refractivity contribution >= 4 is 12.4 Å². The van der Waals surface area contributed by atoms with Crippen LogP contribution in [0.25, 0.3) is 0 Å². The minimum Gasteiger partial charge on any atom is -0.328 e. The van der Waals surface area contributed by atoms with Crippen molar-refractivity contribution in [3.63, 3.8) is 0 Å². The second-order valence-electron chi connectivity index (χ2n) is 5.86. The zero-order valence-electron chi connectivity index (χ0n) is 12.4. The summed E-state index contributed by atoms with van der Waals surface area (Å²) in [6, 6.07) is 6.95. The number of hydrogen-bond acceptors (Lipinski definition) is 2. The summed E-state index contributed by atoms with van der Waals surface area (Å²) in [6.07, 6.45) is 2.58. The van der Waals surface area contributed by atoms with E-state index in [2.05, 4.69) is 43.9 Å².